The number of ether oxygens (including phenoxy) is 1. The van der Waals surface area contributed by atoms with Gasteiger partial charge in [-0.3, -0.25) is 0 Å². The molecule has 0 N–H and O–H groups in total. The molecule has 0 spiro atoms. The van der Waals surface area contributed by atoms with E-state index in [1.807, 2.05) is 36.7 Å². The number of fused-ring (bicyclic) bond motifs is 1. The molecule has 0 fully saturated rings. The molecule has 0 saturated carbocycles. The lowest BCUT2D eigenvalue weighted by Gasteiger charge is -2.09. The summed E-state index contributed by atoms with van der Waals surface area (Å²) in [7, 11) is 0. The van der Waals surface area contributed by atoms with E-state index in [4.69, 9.17) is 4.74 Å². The van der Waals surface area contributed by atoms with E-state index in [0.717, 1.165) is 33.6 Å². The topological polar surface area (TPSA) is 52.8 Å². The molecule has 0 atom stereocenters. The van der Waals surface area contributed by atoms with E-state index < -0.39 is 0 Å². The van der Waals surface area contributed by atoms with Crippen LogP contribution in [-0.2, 0) is 0 Å². The van der Waals surface area contributed by atoms with E-state index in [0.29, 0.717) is 5.88 Å². The number of rotatable bonds is 3. The highest BCUT2D eigenvalue weighted by Crippen LogP contribution is 2.30. The predicted molar refractivity (Wildman–Crippen MR) is 102 cm³/mol. The van der Waals surface area contributed by atoms with Gasteiger partial charge in [-0.05, 0) is 68.1 Å². The van der Waals surface area contributed by atoms with Gasteiger partial charge in [0.05, 0.1) is 11.9 Å². The summed E-state index contributed by atoms with van der Waals surface area (Å²) < 4.78 is 7.91. The van der Waals surface area contributed by atoms with Crippen molar-refractivity contribution in [3.05, 3.63) is 71.2 Å². The molecule has 2 aromatic carbocycles. The lowest BCUT2D eigenvalue weighted by atomic mass is 10.1. The van der Waals surface area contributed by atoms with Crippen LogP contribution in [0.4, 0.5) is 0 Å². The van der Waals surface area contributed by atoms with Gasteiger partial charge in [-0.25, -0.2) is 14.6 Å². The molecule has 0 unspecified atom stereocenters. The van der Waals surface area contributed by atoms with Gasteiger partial charge in [-0.2, -0.15) is 5.10 Å². The summed E-state index contributed by atoms with van der Waals surface area (Å²) in [6.07, 6.45) is 3.27. The summed E-state index contributed by atoms with van der Waals surface area (Å²) in [5.41, 5.74) is 6.36. The van der Waals surface area contributed by atoms with Gasteiger partial charge in [0.1, 0.15) is 17.5 Å². The van der Waals surface area contributed by atoms with Crippen molar-refractivity contribution in [2.75, 3.05) is 0 Å². The molecule has 2 aromatic heterocycles. The number of hydrogen-bond acceptors (Lipinski definition) is 4. The van der Waals surface area contributed by atoms with Crippen LogP contribution in [0.1, 0.15) is 22.3 Å². The zero-order valence-corrected chi connectivity index (χ0v) is 15.3. The minimum absolute atomic E-state index is 0.513. The number of benzene rings is 2. The second-order valence-electron chi connectivity index (χ2n) is 6.61. The van der Waals surface area contributed by atoms with Crippen LogP contribution in [0.2, 0.25) is 0 Å². The first-order chi connectivity index (χ1) is 12.5. The molecule has 0 aliphatic heterocycles. The molecule has 4 aromatic rings. The summed E-state index contributed by atoms with van der Waals surface area (Å²) >= 11 is 0. The van der Waals surface area contributed by atoms with Crippen molar-refractivity contribution in [1.82, 2.24) is 19.7 Å². The standard InChI is InChI=1S/C21H20N4O/c1-13-5-6-15(3)19(9-13)26-21-18-11-24-25(20(18)22-12-23-21)17-8-7-14(2)16(4)10-17/h5-12H,1-4H3. The molecule has 2 heterocycles. The number of nitrogens with zero attached hydrogens (tertiary/aromatic N) is 4. The first-order valence-electron chi connectivity index (χ1n) is 8.54. The second kappa shape index (κ2) is 6.26. The van der Waals surface area contributed by atoms with Crippen molar-refractivity contribution in [1.29, 1.82) is 0 Å². The highest BCUT2D eigenvalue weighted by Gasteiger charge is 2.14. The normalized spacial score (nSPS) is 11.1. The molecule has 5 heteroatoms. The van der Waals surface area contributed by atoms with Gasteiger partial charge in [-0.1, -0.05) is 18.2 Å². The molecule has 26 heavy (non-hydrogen) atoms. The summed E-state index contributed by atoms with van der Waals surface area (Å²) in [5, 5.41) is 5.30. The van der Waals surface area contributed by atoms with Gasteiger partial charge < -0.3 is 4.74 Å². The van der Waals surface area contributed by atoms with Crippen LogP contribution >= 0.6 is 0 Å². The van der Waals surface area contributed by atoms with Crippen molar-refractivity contribution < 1.29 is 4.74 Å². The highest BCUT2D eigenvalue weighted by atomic mass is 16.5. The van der Waals surface area contributed by atoms with E-state index in [-0.39, 0.29) is 0 Å². The highest BCUT2D eigenvalue weighted by molar-refractivity contribution is 5.81. The Bertz CT molecular complexity index is 1110. The van der Waals surface area contributed by atoms with Crippen molar-refractivity contribution in [3.63, 3.8) is 0 Å². The fourth-order valence-electron chi connectivity index (χ4n) is 2.87. The van der Waals surface area contributed by atoms with E-state index in [2.05, 4.69) is 47.1 Å². The third-order valence-electron chi connectivity index (χ3n) is 4.61. The third kappa shape index (κ3) is 2.81. The van der Waals surface area contributed by atoms with Crippen LogP contribution in [0.5, 0.6) is 11.6 Å². The third-order valence-corrected chi connectivity index (χ3v) is 4.61. The quantitative estimate of drug-likeness (QED) is 0.533. The Morgan fingerprint density at radius 2 is 1.65 bits per heavy atom. The van der Waals surface area contributed by atoms with Crippen LogP contribution < -0.4 is 4.74 Å². The van der Waals surface area contributed by atoms with Gasteiger partial charge in [0.15, 0.2) is 5.65 Å². The molecule has 0 radical (unpaired) electrons. The Labute approximate surface area is 152 Å². The zero-order valence-electron chi connectivity index (χ0n) is 15.3. The Morgan fingerprint density at radius 1 is 0.846 bits per heavy atom. The Morgan fingerprint density at radius 3 is 2.46 bits per heavy atom. The van der Waals surface area contributed by atoms with Crippen LogP contribution in [-0.4, -0.2) is 19.7 Å². The minimum atomic E-state index is 0.513. The van der Waals surface area contributed by atoms with Crippen molar-refractivity contribution in [2.24, 2.45) is 0 Å². The lowest BCUT2D eigenvalue weighted by Crippen LogP contribution is -1.99. The second-order valence-corrected chi connectivity index (χ2v) is 6.61. The molecule has 130 valence electrons. The summed E-state index contributed by atoms with van der Waals surface area (Å²) in [4.78, 5) is 8.75. The van der Waals surface area contributed by atoms with Gasteiger partial charge in [0.25, 0.3) is 0 Å². The smallest absolute Gasteiger partial charge is 0.233 e. The molecule has 4 rings (SSSR count). The van der Waals surface area contributed by atoms with Crippen LogP contribution in [0.3, 0.4) is 0 Å². The van der Waals surface area contributed by atoms with Crippen LogP contribution in [0.25, 0.3) is 16.7 Å². The van der Waals surface area contributed by atoms with Crippen molar-refractivity contribution >= 4 is 11.0 Å². The van der Waals surface area contributed by atoms with Crippen LogP contribution in [0.15, 0.2) is 48.9 Å². The number of hydrogen-bond donors (Lipinski definition) is 0. The molecular formula is C21H20N4O. The Kier molecular flexibility index (Phi) is 3.92. The summed E-state index contributed by atoms with van der Waals surface area (Å²) in [5.74, 6) is 1.31. The molecular weight excluding hydrogens is 324 g/mol. The summed E-state index contributed by atoms with van der Waals surface area (Å²) in [6, 6.07) is 12.4. The van der Waals surface area contributed by atoms with E-state index in [1.165, 1.54) is 17.5 Å². The molecule has 0 aliphatic carbocycles. The SMILES string of the molecule is Cc1ccc(C)c(Oc2ncnc3c2cnn3-c2ccc(C)c(C)c2)c1. The monoisotopic (exact) mass is 344 g/mol. The Hall–Kier alpha value is -3.21. The van der Waals surface area contributed by atoms with Gasteiger partial charge in [0, 0.05) is 0 Å². The zero-order chi connectivity index (χ0) is 18.3. The van der Waals surface area contributed by atoms with E-state index in [9.17, 15) is 0 Å². The first-order valence-corrected chi connectivity index (χ1v) is 8.54. The molecule has 0 saturated heterocycles. The molecule has 0 amide bonds. The predicted octanol–water partition coefficient (Wildman–Crippen LogP) is 4.84. The maximum atomic E-state index is 6.09. The van der Waals surface area contributed by atoms with E-state index in [1.54, 1.807) is 6.20 Å². The molecule has 5 nitrogen and oxygen atoms in total. The molecule has 0 bridgehead atoms. The van der Waals surface area contributed by atoms with Crippen molar-refractivity contribution in [3.8, 4) is 17.3 Å². The largest absolute Gasteiger partial charge is 0.438 e. The fourth-order valence-corrected chi connectivity index (χ4v) is 2.87. The number of aryl methyl sites for hydroxylation is 4. The average Bonchev–Trinajstić information content (AvgIpc) is 3.06. The lowest BCUT2D eigenvalue weighted by molar-refractivity contribution is 0.464. The van der Waals surface area contributed by atoms with Crippen molar-refractivity contribution in [2.45, 2.75) is 27.7 Å². The summed E-state index contributed by atoms with van der Waals surface area (Å²) in [6.45, 7) is 8.25. The molecule has 0 aliphatic rings. The van der Waals surface area contributed by atoms with Crippen LogP contribution in [0, 0.1) is 27.7 Å². The Balaban J connectivity index is 1.80. The maximum absolute atomic E-state index is 6.09. The maximum Gasteiger partial charge on any atom is 0.233 e. The number of aromatic nitrogens is 4. The minimum Gasteiger partial charge on any atom is -0.438 e. The van der Waals surface area contributed by atoms with Gasteiger partial charge in [0.2, 0.25) is 5.88 Å². The fraction of sp³-hybridized carbons (Fsp3) is 0.190. The first kappa shape index (κ1) is 16.3. The van der Waals surface area contributed by atoms with Gasteiger partial charge in [-0.15, -0.1) is 0 Å². The van der Waals surface area contributed by atoms with Gasteiger partial charge >= 0.3 is 0 Å². The average molecular weight is 344 g/mol. The van der Waals surface area contributed by atoms with E-state index >= 15 is 0 Å².